The topological polar surface area (TPSA) is 99.9 Å². The van der Waals surface area contributed by atoms with Crippen LogP contribution < -0.4 is 19.5 Å². The van der Waals surface area contributed by atoms with Gasteiger partial charge in [-0.05, 0) is 41.5 Å². The molecule has 0 unspecified atom stereocenters. The number of methoxy groups -OCH3 is 1. The Morgan fingerprint density at radius 2 is 1.59 bits per heavy atom. The van der Waals surface area contributed by atoms with Gasteiger partial charge in [0, 0.05) is 11.6 Å². The first kappa shape index (κ1) is 23.8. The maximum absolute atomic E-state index is 12.2. The second-order valence-corrected chi connectivity index (χ2v) is 8.07. The summed E-state index contributed by atoms with van der Waals surface area (Å²) < 4.78 is 18.2. The summed E-state index contributed by atoms with van der Waals surface area (Å²) in [5, 5.41) is 15.7. The van der Waals surface area contributed by atoms with E-state index >= 15 is 0 Å². The van der Waals surface area contributed by atoms with Crippen molar-refractivity contribution in [1.29, 1.82) is 0 Å². The number of hydrogen-bond acceptors (Lipinski definition) is 7. The van der Waals surface area contributed by atoms with Gasteiger partial charge in [0.15, 0.2) is 18.1 Å². The van der Waals surface area contributed by atoms with E-state index < -0.39 is 0 Å². The first-order valence-corrected chi connectivity index (χ1v) is 11.7. The molecular weight excluding hydrogens is 470 g/mol. The van der Waals surface area contributed by atoms with E-state index in [-0.39, 0.29) is 19.1 Å². The molecule has 1 amide bonds. The SMILES string of the molecule is COc1cccc(-c2nnc3ccc(OCCNC(=O)COc4ccc(-c5ccccc5)cc4)nn23)c1. The van der Waals surface area contributed by atoms with Gasteiger partial charge in [0.1, 0.15) is 18.1 Å². The lowest BCUT2D eigenvalue weighted by Gasteiger charge is -2.09. The summed E-state index contributed by atoms with van der Waals surface area (Å²) >= 11 is 0. The third kappa shape index (κ3) is 5.84. The Hall–Kier alpha value is -4.92. The van der Waals surface area contributed by atoms with Crippen LogP contribution in [0.1, 0.15) is 0 Å². The number of nitrogens with zero attached hydrogens (tertiary/aromatic N) is 4. The van der Waals surface area contributed by atoms with Crippen LogP contribution in [0, 0.1) is 0 Å². The van der Waals surface area contributed by atoms with Crippen molar-refractivity contribution in [3.05, 3.63) is 91.0 Å². The first-order chi connectivity index (χ1) is 18.2. The van der Waals surface area contributed by atoms with Gasteiger partial charge in [-0.3, -0.25) is 4.79 Å². The third-order valence-corrected chi connectivity index (χ3v) is 5.57. The normalized spacial score (nSPS) is 10.7. The fraction of sp³-hybridized carbons (Fsp3) is 0.143. The van der Waals surface area contributed by atoms with Gasteiger partial charge < -0.3 is 19.5 Å². The molecule has 2 heterocycles. The highest BCUT2D eigenvalue weighted by atomic mass is 16.5. The van der Waals surface area contributed by atoms with Gasteiger partial charge in [-0.2, -0.15) is 4.52 Å². The lowest BCUT2D eigenvalue weighted by molar-refractivity contribution is -0.123. The van der Waals surface area contributed by atoms with Crippen molar-refractivity contribution in [2.75, 3.05) is 26.9 Å². The molecule has 0 fully saturated rings. The van der Waals surface area contributed by atoms with Gasteiger partial charge in [-0.15, -0.1) is 15.3 Å². The van der Waals surface area contributed by atoms with E-state index in [0.29, 0.717) is 35.4 Å². The molecule has 0 bridgehead atoms. The van der Waals surface area contributed by atoms with Gasteiger partial charge in [-0.1, -0.05) is 54.6 Å². The standard InChI is InChI=1S/C28H25N5O4/c1-35-24-9-5-8-22(18-24)28-31-30-25-14-15-27(32-33(25)28)36-17-16-29-26(34)19-37-23-12-10-21(11-13-23)20-6-3-2-4-7-20/h2-15,18H,16-17,19H2,1H3,(H,29,34). The van der Waals surface area contributed by atoms with E-state index in [2.05, 4.69) is 20.6 Å². The number of carbonyl (C=O) groups is 1. The van der Waals surface area contributed by atoms with Gasteiger partial charge in [-0.25, -0.2) is 0 Å². The number of amides is 1. The number of aromatic nitrogens is 4. The molecule has 9 heteroatoms. The largest absolute Gasteiger partial charge is 0.497 e. The highest BCUT2D eigenvalue weighted by Gasteiger charge is 2.11. The van der Waals surface area contributed by atoms with E-state index in [1.165, 1.54) is 0 Å². The molecule has 9 nitrogen and oxygen atoms in total. The zero-order chi connectivity index (χ0) is 25.5. The molecule has 2 aromatic heterocycles. The summed E-state index contributed by atoms with van der Waals surface area (Å²) in [4.78, 5) is 12.2. The highest BCUT2D eigenvalue weighted by Crippen LogP contribution is 2.23. The van der Waals surface area contributed by atoms with Crippen molar-refractivity contribution in [2.24, 2.45) is 0 Å². The number of fused-ring (bicyclic) bond motifs is 1. The van der Waals surface area contributed by atoms with E-state index in [9.17, 15) is 4.79 Å². The summed E-state index contributed by atoms with van der Waals surface area (Å²) in [7, 11) is 1.61. The fourth-order valence-corrected chi connectivity index (χ4v) is 3.71. The van der Waals surface area contributed by atoms with Crippen LogP contribution in [0.2, 0.25) is 0 Å². The Balaban J connectivity index is 1.10. The second kappa shape index (κ2) is 11.2. The van der Waals surface area contributed by atoms with Crippen LogP contribution in [0.25, 0.3) is 28.2 Å². The molecule has 0 aliphatic rings. The zero-order valence-corrected chi connectivity index (χ0v) is 20.2. The van der Waals surface area contributed by atoms with Crippen LogP contribution in [0.3, 0.4) is 0 Å². The molecular formula is C28H25N5O4. The first-order valence-electron chi connectivity index (χ1n) is 11.7. The smallest absolute Gasteiger partial charge is 0.258 e. The predicted octanol–water partition coefficient (Wildman–Crippen LogP) is 4.04. The molecule has 0 aliphatic heterocycles. The molecule has 0 spiro atoms. The zero-order valence-electron chi connectivity index (χ0n) is 20.2. The summed E-state index contributed by atoms with van der Waals surface area (Å²) in [5.74, 6) is 2.07. The molecule has 0 aliphatic carbocycles. The Labute approximate surface area is 213 Å². The van der Waals surface area contributed by atoms with Crippen molar-refractivity contribution in [1.82, 2.24) is 25.1 Å². The number of hydrogen-bond donors (Lipinski definition) is 1. The van der Waals surface area contributed by atoms with Gasteiger partial charge >= 0.3 is 0 Å². The predicted molar refractivity (Wildman–Crippen MR) is 139 cm³/mol. The number of nitrogens with one attached hydrogen (secondary N) is 1. The molecule has 0 radical (unpaired) electrons. The third-order valence-electron chi connectivity index (χ3n) is 5.57. The fourth-order valence-electron chi connectivity index (χ4n) is 3.71. The summed E-state index contributed by atoms with van der Waals surface area (Å²) in [6, 6.07) is 28.7. The number of ether oxygens (including phenoxy) is 3. The molecule has 0 saturated carbocycles. The Morgan fingerprint density at radius 1 is 0.811 bits per heavy atom. The van der Waals surface area contributed by atoms with E-state index in [4.69, 9.17) is 14.2 Å². The molecule has 1 N–H and O–H groups in total. The van der Waals surface area contributed by atoms with Crippen LogP contribution in [-0.2, 0) is 4.79 Å². The lowest BCUT2D eigenvalue weighted by atomic mass is 10.1. The average molecular weight is 496 g/mol. The van der Waals surface area contributed by atoms with Crippen LogP contribution in [0.5, 0.6) is 17.4 Å². The molecule has 186 valence electrons. The maximum atomic E-state index is 12.2. The van der Waals surface area contributed by atoms with Gasteiger partial charge in [0.2, 0.25) is 5.88 Å². The van der Waals surface area contributed by atoms with E-state index in [1.54, 1.807) is 23.8 Å². The quantitative estimate of drug-likeness (QED) is 0.292. The summed E-state index contributed by atoms with van der Waals surface area (Å²) in [6.45, 7) is 0.464. The van der Waals surface area contributed by atoms with Gasteiger partial charge in [0.05, 0.1) is 13.7 Å². The van der Waals surface area contributed by atoms with E-state index in [1.807, 2.05) is 78.9 Å². The van der Waals surface area contributed by atoms with Crippen LogP contribution in [-0.4, -0.2) is 52.6 Å². The van der Waals surface area contributed by atoms with Crippen LogP contribution in [0.15, 0.2) is 91.0 Å². The number of rotatable bonds is 10. The minimum Gasteiger partial charge on any atom is -0.497 e. The monoisotopic (exact) mass is 495 g/mol. The Bertz CT molecular complexity index is 1490. The van der Waals surface area contributed by atoms with Crippen molar-refractivity contribution in [3.63, 3.8) is 0 Å². The molecule has 3 aromatic carbocycles. The molecule has 5 rings (SSSR count). The highest BCUT2D eigenvalue weighted by molar-refractivity contribution is 5.77. The van der Waals surface area contributed by atoms with Crippen molar-refractivity contribution < 1.29 is 19.0 Å². The molecule has 5 aromatic rings. The Morgan fingerprint density at radius 3 is 2.41 bits per heavy atom. The second-order valence-electron chi connectivity index (χ2n) is 8.07. The van der Waals surface area contributed by atoms with Crippen LogP contribution >= 0.6 is 0 Å². The van der Waals surface area contributed by atoms with E-state index in [0.717, 1.165) is 16.7 Å². The van der Waals surface area contributed by atoms with Crippen molar-refractivity contribution in [3.8, 4) is 39.9 Å². The summed E-state index contributed by atoms with van der Waals surface area (Å²) in [6.07, 6.45) is 0. The van der Waals surface area contributed by atoms with Crippen molar-refractivity contribution >= 4 is 11.6 Å². The Kier molecular flexibility index (Phi) is 7.21. The average Bonchev–Trinajstić information content (AvgIpc) is 3.38. The molecule has 0 saturated heterocycles. The number of carbonyl (C=O) groups excluding carboxylic acids is 1. The van der Waals surface area contributed by atoms with Crippen LogP contribution in [0.4, 0.5) is 0 Å². The maximum Gasteiger partial charge on any atom is 0.258 e. The minimum atomic E-state index is -0.238. The minimum absolute atomic E-state index is 0.0838. The summed E-state index contributed by atoms with van der Waals surface area (Å²) in [5.41, 5.74) is 3.62. The lowest BCUT2D eigenvalue weighted by Crippen LogP contribution is -2.32. The van der Waals surface area contributed by atoms with Gasteiger partial charge in [0.25, 0.3) is 5.91 Å². The number of benzene rings is 3. The molecule has 37 heavy (non-hydrogen) atoms. The molecule has 0 atom stereocenters. The van der Waals surface area contributed by atoms with Crippen molar-refractivity contribution in [2.45, 2.75) is 0 Å².